The van der Waals surface area contributed by atoms with Crippen LogP contribution in [-0.2, 0) is 9.59 Å². The summed E-state index contributed by atoms with van der Waals surface area (Å²) in [6.07, 6.45) is 9.82. The Morgan fingerprint density at radius 3 is 3.06 bits per heavy atom. The van der Waals surface area contributed by atoms with E-state index in [9.17, 15) is 9.59 Å². The first-order valence-electron chi connectivity index (χ1n) is 6.97. The summed E-state index contributed by atoms with van der Waals surface area (Å²) in [4.78, 5) is 25.1. The second kappa shape index (κ2) is 6.57. The molecule has 0 radical (unpaired) electrons. The number of rotatable bonds is 5. The van der Waals surface area contributed by atoms with Crippen LogP contribution < -0.4 is 5.32 Å². The minimum atomic E-state index is 0.107. The fourth-order valence-corrected chi connectivity index (χ4v) is 2.60. The molecule has 4 nitrogen and oxygen atoms in total. The molecule has 100 valence electrons. The number of carbonyl (C=O) groups is 2. The molecule has 0 aromatic carbocycles. The van der Waals surface area contributed by atoms with Crippen LogP contribution in [0, 0.1) is 5.92 Å². The average molecular weight is 250 g/mol. The minimum absolute atomic E-state index is 0.107. The maximum absolute atomic E-state index is 11.7. The van der Waals surface area contributed by atoms with Crippen molar-refractivity contribution in [1.82, 2.24) is 10.2 Å². The molecule has 4 heteroatoms. The van der Waals surface area contributed by atoms with Crippen LogP contribution >= 0.6 is 0 Å². The molecule has 0 spiro atoms. The fourth-order valence-electron chi connectivity index (χ4n) is 2.60. The van der Waals surface area contributed by atoms with Crippen LogP contribution in [0.15, 0.2) is 12.2 Å². The molecular weight excluding hydrogens is 228 g/mol. The lowest BCUT2D eigenvalue weighted by Crippen LogP contribution is -2.41. The summed E-state index contributed by atoms with van der Waals surface area (Å²) in [6, 6.07) is 0. The number of amides is 2. The Balaban J connectivity index is 1.60. The van der Waals surface area contributed by atoms with Crippen molar-refractivity contribution in [3.8, 4) is 0 Å². The van der Waals surface area contributed by atoms with Gasteiger partial charge < -0.3 is 10.2 Å². The predicted octanol–water partition coefficient (Wildman–Crippen LogP) is 1.47. The van der Waals surface area contributed by atoms with Gasteiger partial charge in [0.2, 0.25) is 11.8 Å². The smallest absolute Gasteiger partial charge is 0.222 e. The van der Waals surface area contributed by atoms with Gasteiger partial charge in [-0.1, -0.05) is 12.2 Å². The number of allylic oxidation sites excluding steroid dienone is 2. The van der Waals surface area contributed by atoms with Crippen LogP contribution in [0.2, 0.25) is 0 Å². The monoisotopic (exact) mass is 250 g/mol. The number of hydrogen-bond acceptors (Lipinski definition) is 2. The molecule has 1 saturated heterocycles. The molecule has 0 bridgehead atoms. The van der Waals surface area contributed by atoms with E-state index < -0.39 is 0 Å². The third kappa shape index (κ3) is 3.86. The Morgan fingerprint density at radius 1 is 1.44 bits per heavy atom. The van der Waals surface area contributed by atoms with Crippen molar-refractivity contribution in [3.63, 3.8) is 0 Å². The lowest BCUT2D eigenvalue weighted by atomic mass is 10.1. The summed E-state index contributed by atoms with van der Waals surface area (Å²) < 4.78 is 0. The molecule has 0 aromatic rings. The van der Waals surface area contributed by atoms with E-state index in [4.69, 9.17) is 0 Å². The van der Waals surface area contributed by atoms with Crippen molar-refractivity contribution in [2.45, 2.75) is 38.5 Å². The molecule has 1 fully saturated rings. The number of likely N-dealkylation sites (tertiary alicyclic amines) is 1. The van der Waals surface area contributed by atoms with E-state index in [1.807, 2.05) is 4.90 Å². The topological polar surface area (TPSA) is 49.4 Å². The summed E-state index contributed by atoms with van der Waals surface area (Å²) >= 11 is 0. The zero-order valence-electron chi connectivity index (χ0n) is 10.9. The molecule has 18 heavy (non-hydrogen) atoms. The minimum Gasteiger partial charge on any atom is -0.354 e. The lowest BCUT2D eigenvalue weighted by molar-refractivity contribution is -0.133. The van der Waals surface area contributed by atoms with Gasteiger partial charge >= 0.3 is 0 Å². The second-order valence-corrected chi connectivity index (χ2v) is 5.16. The van der Waals surface area contributed by atoms with Gasteiger partial charge in [-0.3, -0.25) is 9.59 Å². The van der Waals surface area contributed by atoms with Crippen molar-refractivity contribution in [2.24, 2.45) is 5.92 Å². The standard InChI is InChI=1S/C14H22N2O2/c17-13(11-12-5-1-2-6-12)15-8-10-16-9-4-3-7-14(16)18/h1,5,12H,2-4,6-11H2,(H,15,17). The first-order chi connectivity index (χ1) is 8.75. The Hall–Kier alpha value is -1.32. The van der Waals surface area contributed by atoms with E-state index in [0.717, 1.165) is 32.2 Å². The van der Waals surface area contributed by atoms with Gasteiger partial charge in [-0.2, -0.15) is 0 Å². The highest BCUT2D eigenvalue weighted by Crippen LogP contribution is 2.19. The zero-order valence-corrected chi connectivity index (χ0v) is 10.9. The normalized spacial score (nSPS) is 23.4. The third-order valence-corrected chi connectivity index (χ3v) is 3.69. The molecule has 1 unspecified atom stereocenters. The molecule has 2 amide bonds. The van der Waals surface area contributed by atoms with Gasteiger partial charge in [0.15, 0.2) is 0 Å². The SMILES string of the molecule is O=C(CC1C=CCC1)NCCN1CCCCC1=O. The van der Waals surface area contributed by atoms with Gasteiger partial charge in [0.25, 0.3) is 0 Å². The van der Waals surface area contributed by atoms with E-state index in [1.54, 1.807) is 0 Å². The highest BCUT2D eigenvalue weighted by Gasteiger charge is 2.18. The van der Waals surface area contributed by atoms with Crippen LogP contribution in [-0.4, -0.2) is 36.3 Å². The first-order valence-corrected chi connectivity index (χ1v) is 6.97. The van der Waals surface area contributed by atoms with Crippen molar-refractivity contribution in [3.05, 3.63) is 12.2 Å². The van der Waals surface area contributed by atoms with Crippen molar-refractivity contribution >= 4 is 11.8 Å². The highest BCUT2D eigenvalue weighted by molar-refractivity contribution is 5.77. The van der Waals surface area contributed by atoms with Crippen LogP contribution in [0.3, 0.4) is 0 Å². The van der Waals surface area contributed by atoms with Crippen molar-refractivity contribution in [1.29, 1.82) is 0 Å². The predicted molar refractivity (Wildman–Crippen MR) is 69.9 cm³/mol. The quantitative estimate of drug-likeness (QED) is 0.751. The van der Waals surface area contributed by atoms with Gasteiger partial charge in [0.1, 0.15) is 0 Å². The molecule has 1 atom stereocenters. The molecule has 1 heterocycles. The number of hydrogen-bond donors (Lipinski definition) is 1. The summed E-state index contributed by atoms with van der Waals surface area (Å²) in [7, 11) is 0. The molecule has 1 aliphatic carbocycles. The van der Waals surface area contributed by atoms with Crippen LogP contribution in [0.5, 0.6) is 0 Å². The summed E-state index contributed by atoms with van der Waals surface area (Å²) in [5.74, 6) is 0.756. The summed E-state index contributed by atoms with van der Waals surface area (Å²) in [5.41, 5.74) is 0. The first kappa shape index (κ1) is 13.1. The maximum atomic E-state index is 11.7. The Bertz CT molecular complexity index is 339. The molecule has 0 aromatic heterocycles. The van der Waals surface area contributed by atoms with E-state index in [-0.39, 0.29) is 11.8 Å². The number of nitrogens with zero attached hydrogens (tertiary/aromatic N) is 1. The number of piperidine rings is 1. The van der Waals surface area contributed by atoms with Gasteiger partial charge in [0, 0.05) is 32.5 Å². The molecule has 1 aliphatic heterocycles. The van der Waals surface area contributed by atoms with Gasteiger partial charge in [0.05, 0.1) is 0 Å². The molecule has 2 aliphatic rings. The third-order valence-electron chi connectivity index (χ3n) is 3.69. The Morgan fingerprint density at radius 2 is 2.33 bits per heavy atom. The number of nitrogens with one attached hydrogen (secondary N) is 1. The Labute approximate surface area is 108 Å². The maximum Gasteiger partial charge on any atom is 0.222 e. The second-order valence-electron chi connectivity index (χ2n) is 5.16. The Kier molecular flexibility index (Phi) is 4.79. The summed E-state index contributed by atoms with van der Waals surface area (Å²) in [6.45, 7) is 2.09. The lowest BCUT2D eigenvalue weighted by Gasteiger charge is -2.26. The highest BCUT2D eigenvalue weighted by atomic mass is 16.2. The summed E-state index contributed by atoms with van der Waals surface area (Å²) in [5, 5.41) is 2.91. The van der Waals surface area contributed by atoms with Gasteiger partial charge in [-0.25, -0.2) is 0 Å². The van der Waals surface area contributed by atoms with Crippen LogP contribution in [0.4, 0.5) is 0 Å². The molecule has 0 saturated carbocycles. The van der Waals surface area contributed by atoms with Crippen LogP contribution in [0.1, 0.15) is 38.5 Å². The number of carbonyl (C=O) groups excluding carboxylic acids is 2. The molecule has 1 N–H and O–H groups in total. The largest absolute Gasteiger partial charge is 0.354 e. The zero-order chi connectivity index (χ0) is 12.8. The van der Waals surface area contributed by atoms with E-state index in [0.29, 0.717) is 31.8 Å². The fraction of sp³-hybridized carbons (Fsp3) is 0.714. The van der Waals surface area contributed by atoms with Crippen molar-refractivity contribution in [2.75, 3.05) is 19.6 Å². The van der Waals surface area contributed by atoms with E-state index in [1.165, 1.54) is 0 Å². The molecule has 2 rings (SSSR count). The average Bonchev–Trinajstić information content (AvgIpc) is 2.84. The van der Waals surface area contributed by atoms with Crippen LogP contribution in [0.25, 0.3) is 0 Å². The van der Waals surface area contributed by atoms with E-state index in [2.05, 4.69) is 17.5 Å². The van der Waals surface area contributed by atoms with Gasteiger partial charge in [-0.15, -0.1) is 0 Å². The van der Waals surface area contributed by atoms with Gasteiger partial charge in [-0.05, 0) is 31.6 Å². The van der Waals surface area contributed by atoms with E-state index >= 15 is 0 Å². The molecular formula is C14H22N2O2. The van der Waals surface area contributed by atoms with Crippen molar-refractivity contribution < 1.29 is 9.59 Å².